The first kappa shape index (κ1) is 21.6. The van der Waals surface area contributed by atoms with E-state index in [1.807, 2.05) is 11.0 Å². The molecule has 2 aromatic rings. The molecule has 0 unspecified atom stereocenters. The second kappa shape index (κ2) is 7.80. The van der Waals surface area contributed by atoms with Gasteiger partial charge in [-0.1, -0.05) is 0 Å². The Morgan fingerprint density at radius 2 is 1.93 bits per heavy atom. The number of hydrogen-bond acceptors (Lipinski definition) is 6. The van der Waals surface area contributed by atoms with Crippen molar-refractivity contribution in [2.75, 3.05) is 23.7 Å². The fourth-order valence-corrected chi connectivity index (χ4v) is 5.04. The molecule has 30 heavy (non-hydrogen) atoms. The molecule has 10 heteroatoms. The van der Waals surface area contributed by atoms with Gasteiger partial charge in [0.15, 0.2) is 0 Å². The zero-order valence-electron chi connectivity index (χ0n) is 16.2. The van der Waals surface area contributed by atoms with E-state index in [4.69, 9.17) is 28.8 Å². The molecule has 1 aliphatic carbocycles. The summed E-state index contributed by atoms with van der Waals surface area (Å²) in [5.74, 6) is -2.04. The molecule has 0 radical (unpaired) electrons. The molecule has 1 aliphatic heterocycles. The molecule has 1 atom stereocenters. The van der Waals surface area contributed by atoms with Gasteiger partial charge in [-0.05, 0) is 0 Å². The zero-order chi connectivity index (χ0) is 21.7. The van der Waals surface area contributed by atoms with Gasteiger partial charge in [0.25, 0.3) is 0 Å². The Balaban J connectivity index is 1.63. The van der Waals surface area contributed by atoms with Crippen LogP contribution in [0.15, 0.2) is 24.3 Å². The summed E-state index contributed by atoms with van der Waals surface area (Å²) in [6, 6.07) is 6.65. The average Bonchev–Trinajstić information content (AvgIpc) is 2.89. The number of piperidine rings is 1. The minimum absolute atomic E-state index is 0.159. The molecule has 1 spiro atoms. The van der Waals surface area contributed by atoms with Gasteiger partial charge >= 0.3 is 186 Å². The van der Waals surface area contributed by atoms with Crippen molar-refractivity contribution in [1.29, 1.82) is 0 Å². The van der Waals surface area contributed by atoms with Crippen molar-refractivity contribution in [2.24, 2.45) is 16.9 Å². The number of nitrogen functional groups attached to an aromatic ring is 1. The van der Waals surface area contributed by atoms with Crippen molar-refractivity contribution in [2.45, 2.75) is 37.6 Å². The van der Waals surface area contributed by atoms with Crippen molar-refractivity contribution in [3.8, 4) is 11.1 Å². The molecular weight excluding hydrogens is 457 g/mol. The van der Waals surface area contributed by atoms with Crippen molar-refractivity contribution in [3.63, 3.8) is 0 Å². The van der Waals surface area contributed by atoms with Gasteiger partial charge in [-0.15, -0.1) is 0 Å². The number of nitrogens with zero attached hydrogens (tertiary/aromatic N) is 3. The summed E-state index contributed by atoms with van der Waals surface area (Å²) in [6.07, 6.45) is 0.698. The van der Waals surface area contributed by atoms with Crippen LogP contribution in [0.3, 0.4) is 0 Å². The van der Waals surface area contributed by atoms with Gasteiger partial charge in [0.05, 0.1) is 0 Å². The van der Waals surface area contributed by atoms with Crippen LogP contribution in [0.5, 0.6) is 0 Å². The van der Waals surface area contributed by atoms with Crippen molar-refractivity contribution < 1.29 is 24.1 Å². The Morgan fingerprint density at radius 3 is 2.50 bits per heavy atom. The number of benzene rings is 1. The summed E-state index contributed by atoms with van der Waals surface area (Å²) in [7, 11) is 0. The molecule has 6 N–H and O–H groups in total. The van der Waals surface area contributed by atoms with Gasteiger partial charge in [-0.25, -0.2) is 0 Å². The first-order valence-electron chi connectivity index (χ1n) is 9.68. The summed E-state index contributed by atoms with van der Waals surface area (Å²) in [5, 5.41) is 0.546. The quantitative estimate of drug-likeness (QED) is 0.625. The third-order valence-electron chi connectivity index (χ3n) is 6.21. The molecule has 1 saturated carbocycles. The molecule has 1 aromatic carbocycles. The molecule has 163 valence electrons. The third kappa shape index (κ3) is 3.96. The van der Waals surface area contributed by atoms with Crippen LogP contribution < -0.4 is 22.1 Å². The average molecular weight is 480 g/mol. The molecule has 1 aromatic heterocycles. The standard InChI is InChI=1S/C20H23ClF2N6.Co/c21-13-3-1-2-12(8-13)16-14(10-24)27-18(28-17(16)26)29-6-4-19(5-7-29)11-20(22,23)9-15(19)25;/h1-3,8,15H,4-7,9,11,24-25H2,(H2,26,27,28);/t15-;/m1./s1. The molecule has 2 heterocycles. The van der Waals surface area contributed by atoms with Gasteiger partial charge < -0.3 is 0 Å². The maximum absolute atomic E-state index is 13.9. The second-order valence-electron chi connectivity index (χ2n) is 8.16. The second-order valence-corrected chi connectivity index (χ2v) is 9.16. The van der Waals surface area contributed by atoms with Gasteiger partial charge in [-0.3, -0.25) is 0 Å². The van der Waals surface area contributed by atoms with Gasteiger partial charge in [0.2, 0.25) is 0 Å². The van der Waals surface area contributed by atoms with Crippen LogP contribution in [-0.4, -0.2) is 39.6 Å². The molecule has 4 rings (SSSR count). The van der Waals surface area contributed by atoms with Gasteiger partial charge in [-0.2, -0.15) is 0 Å². The molecule has 0 bridgehead atoms. The van der Waals surface area contributed by atoms with Crippen LogP contribution in [0.1, 0.15) is 31.4 Å². The van der Waals surface area contributed by atoms with Crippen LogP contribution in [-0.2, 0) is 15.3 Å². The molecule has 2 fully saturated rings. The predicted molar refractivity (Wildman–Crippen MR) is 111 cm³/mol. The van der Waals surface area contributed by atoms with Gasteiger partial charge in [0, 0.05) is 0 Å². The predicted octanol–water partition coefficient (Wildman–Crippen LogP) is 2.71. The summed E-state index contributed by atoms with van der Waals surface area (Å²) in [5.41, 5.74) is 19.5. The third-order valence-corrected chi connectivity index (χ3v) is 6.69. The number of halogens is 3. The van der Waals surface area contributed by atoms with Crippen LogP contribution in [0.25, 0.3) is 11.1 Å². The fourth-order valence-electron chi connectivity index (χ4n) is 4.66. The normalized spacial score (nSPS) is 22.5. The molecule has 0 amide bonds. The number of aromatic nitrogens is 2. The topological polar surface area (TPSA) is 107 Å². The molecule has 6 nitrogen and oxygen atoms in total. The summed E-state index contributed by atoms with van der Waals surface area (Å²) < 4.78 is 28.0. The Bertz CT molecular complexity index is 993. The Kier molecular flexibility index (Phi) is 5.61. The number of nitrogens with two attached hydrogens (primary N) is 3. The van der Waals surface area contributed by atoms with E-state index >= 15 is 0 Å². The van der Waals surface area contributed by atoms with E-state index in [0.29, 0.717) is 48.2 Å². The number of alkyl halides is 2. The zero-order valence-corrected chi connectivity index (χ0v) is 18.0. The van der Waals surface area contributed by atoms with Gasteiger partial charge in [0.1, 0.15) is 0 Å². The minimum atomic E-state index is -2.69. The van der Waals surface area contributed by atoms with E-state index < -0.39 is 17.4 Å². The van der Waals surface area contributed by atoms with Crippen LogP contribution in [0.2, 0.25) is 5.02 Å². The van der Waals surface area contributed by atoms with E-state index in [1.54, 1.807) is 18.2 Å². The monoisotopic (exact) mass is 479 g/mol. The molecule has 2 aliphatic rings. The fraction of sp³-hybridized carbons (Fsp3) is 0.450. The van der Waals surface area contributed by atoms with Crippen molar-refractivity contribution in [3.05, 3.63) is 35.0 Å². The summed E-state index contributed by atoms with van der Waals surface area (Å²) in [4.78, 5) is 11.0. The first-order valence-corrected chi connectivity index (χ1v) is 10.6. The van der Waals surface area contributed by atoms with E-state index in [0.717, 1.165) is 5.56 Å². The van der Waals surface area contributed by atoms with Crippen molar-refractivity contribution >= 4 is 27.9 Å². The van der Waals surface area contributed by atoms with E-state index in [2.05, 4.69) is 25.3 Å². The summed E-state index contributed by atoms with van der Waals surface area (Å²) in [6.45, 7) is 1.04. The first-order chi connectivity index (χ1) is 14.1. The number of anilines is 2. The Morgan fingerprint density at radius 1 is 1.23 bits per heavy atom. The van der Waals surface area contributed by atoms with Crippen LogP contribution in [0, 0.1) is 5.41 Å². The molecular formula is C20H23ClCoF2N6. The van der Waals surface area contributed by atoms with Crippen LogP contribution >= 0.6 is 11.6 Å². The SMILES string of the molecule is N[C](=[Co])c1nc(N2CCC3(CC2)CC(F)(F)C[C@H]3N)nc(N)c1-c1cccc(Cl)c1. The molecule has 1 saturated heterocycles. The van der Waals surface area contributed by atoms with Crippen LogP contribution in [0.4, 0.5) is 20.5 Å². The Labute approximate surface area is 186 Å². The Hall–Kier alpha value is -1.65. The van der Waals surface area contributed by atoms with E-state index in [-0.39, 0.29) is 23.2 Å². The summed E-state index contributed by atoms with van der Waals surface area (Å²) >= 11 is 10.5. The maximum atomic E-state index is 13.9. The number of rotatable bonds is 3. The van der Waals surface area contributed by atoms with Crippen molar-refractivity contribution in [1.82, 2.24) is 9.97 Å². The van der Waals surface area contributed by atoms with E-state index in [9.17, 15) is 8.78 Å². The van der Waals surface area contributed by atoms with E-state index in [1.165, 1.54) is 0 Å². The number of hydrogen-bond donors (Lipinski definition) is 3.